The lowest BCUT2D eigenvalue weighted by atomic mass is 9.90. The first kappa shape index (κ1) is 15.5. The van der Waals surface area contributed by atoms with Crippen LogP contribution in [0.3, 0.4) is 0 Å². The first-order chi connectivity index (χ1) is 10.8. The molecule has 1 amide bonds. The van der Waals surface area contributed by atoms with Crippen molar-refractivity contribution >= 4 is 28.5 Å². The molecule has 2 aromatic rings. The third-order valence-electron chi connectivity index (χ3n) is 4.12. The number of Topliss-reactive ketones (excluding diaryl/α,β-unsaturated/α-hetero) is 1. The molecular formula is C18H20N2O3. The first-order valence-corrected chi connectivity index (χ1v) is 7.78. The zero-order chi connectivity index (χ0) is 16.8. The van der Waals surface area contributed by atoms with Gasteiger partial charge in [0.25, 0.3) is 0 Å². The first-order valence-electron chi connectivity index (χ1n) is 7.78. The number of carbonyl (C=O) groups excluding carboxylic acids is 1. The van der Waals surface area contributed by atoms with Crippen molar-refractivity contribution in [3.8, 4) is 0 Å². The summed E-state index contributed by atoms with van der Waals surface area (Å²) in [5.74, 6) is -0.0185. The van der Waals surface area contributed by atoms with Gasteiger partial charge in [0.05, 0.1) is 22.5 Å². The minimum Gasteiger partial charge on any atom is -0.465 e. The standard InChI is InChI=1S/C18H20N2O3/c1-18(2,3)20(17(22)23)16-11-7-4-5-8-12(11)19-13-9-6-10-14(21)15(13)16/h4-5,7-8H,6,9-10H2,1-3H3,(H,22,23). The summed E-state index contributed by atoms with van der Waals surface area (Å²) in [7, 11) is 0. The van der Waals surface area contributed by atoms with Gasteiger partial charge in [-0.3, -0.25) is 14.7 Å². The van der Waals surface area contributed by atoms with Gasteiger partial charge in [0.2, 0.25) is 0 Å². The van der Waals surface area contributed by atoms with E-state index in [1.165, 1.54) is 4.90 Å². The summed E-state index contributed by atoms with van der Waals surface area (Å²) in [6.07, 6.45) is 0.849. The second-order valence-electron chi connectivity index (χ2n) is 6.86. The summed E-state index contributed by atoms with van der Waals surface area (Å²) in [5.41, 5.74) is 1.74. The summed E-state index contributed by atoms with van der Waals surface area (Å²) in [6.45, 7) is 5.49. The molecule has 120 valence electrons. The molecule has 1 aliphatic rings. The van der Waals surface area contributed by atoms with Crippen LogP contribution in [0.15, 0.2) is 24.3 Å². The van der Waals surface area contributed by atoms with E-state index in [9.17, 15) is 14.7 Å². The maximum Gasteiger partial charge on any atom is 0.412 e. The Hall–Kier alpha value is -2.43. The molecule has 0 atom stereocenters. The maximum atomic E-state index is 12.5. The number of nitrogens with zero attached hydrogens (tertiary/aromatic N) is 2. The summed E-state index contributed by atoms with van der Waals surface area (Å²) >= 11 is 0. The number of hydrogen-bond acceptors (Lipinski definition) is 3. The minimum atomic E-state index is -1.06. The Morgan fingerprint density at radius 2 is 1.91 bits per heavy atom. The molecule has 23 heavy (non-hydrogen) atoms. The minimum absolute atomic E-state index is 0.0185. The number of fused-ring (bicyclic) bond motifs is 2. The van der Waals surface area contributed by atoms with Crippen molar-refractivity contribution in [2.45, 2.75) is 45.6 Å². The van der Waals surface area contributed by atoms with E-state index in [0.717, 1.165) is 11.9 Å². The predicted molar refractivity (Wildman–Crippen MR) is 89.3 cm³/mol. The van der Waals surface area contributed by atoms with Crippen LogP contribution in [-0.4, -0.2) is 27.5 Å². The Morgan fingerprint density at radius 3 is 2.57 bits per heavy atom. The number of aryl methyl sites for hydroxylation is 1. The smallest absolute Gasteiger partial charge is 0.412 e. The Bertz CT molecular complexity index is 806. The quantitative estimate of drug-likeness (QED) is 0.862. The van der Waals surface area contributed by atoms with Crippen LogP contribution >= 0.6 is 0 Å². The van der Waals surface area contributed by atoms with Gasteiger partial charge in [-0.05, 0) is 39.7 Å². The van der Waals surface area contributed by atoms with Crippen LogP contribution in [0.1, 0.15) is 49.7 Å². The maximum absolute atomic E-state index is 12.5. The molecule has 1 aromatic heterocycles. The summed E-state index contributed by atoms with van der Waals surface area (Å²) < 4.78 is 0. The van der Waals surface area contributed by atoms with Crippen molar-refractivity contribution in [1.29, 1.82) is 0 Å². The number of carboxylic acid groups (broad SMARTS) is 1. The number of benzene rings is 1. The second-order valence-corrected chi connectivity index (χ2v) is 6.86. The van der Waals surface area contributed by atoms with Crippen molar-refractivity contribution in [2.75, 3.05) is 4.90 Å². The van der Waals surface area contributed by atoms with Gasteiger partial charge in [0.1, 0.15) is 0 Å². The molecule has 0 unspecified atom stereocenters. The van der Waals surface area contributed by atoms with Crippen LogP contribution in [0.4, 0.5) is 10.5 Å². The molecule has 0 aliphatic heterocycles. The molecule has 0 radical (unpaired) electrons. The van der Waals surface area contributed by atoms with Crippen LogP contribution in [0.25, 0.3) is 10.9 Å². The molecule has 0 fully saturated rings. The van der Waals surface area contributed by atoms with E-state index in [1.54, 1.807) is 0 Å². The molecule has 0 saturated heterocycles. The van der Waals surface area contributed by atoms with Gasteiger partial charge >= 0.3 is 6.09 Å². The second kappa shape index (κ2) is 5.33. The molecular weight excluding hydrogens is 292 g/mol. The number of aromatic nitrogens is 1. The van der Waals surface area contributed by atoms with Crippen LogP contribution < -0.4 is 4.90 Å². The zero-order valence-corrected chi connectivity index (χ0v) is 13.6. The number of rotatable bonds is 1. The van der Waals surface area contributed by atoms with Gasteiger partial charge in [-0.25, -0.2) is 4.79 Å². The lowest BCUT2D eigenvalue weighted by molar-refractivity contribution is 0.0972. The van der Waals surface area contributed by atoms with E-state index in [-0.39, 0.29) is 5.78 Å². The van der Waals surface area contributed by atoms with Crippen molar-refractivity contribution in [1.82, 2.24) is 4.98 Å². The molecule has 1 heterocycles. The van der Waals surface area contributed by atoms with Gasteiger partial charge in [0.15, 0.2) is 5.78 Å². The Labute approximate surface area is 134 Å². The van der Waals surface area contributed by atoms with Gasteiger partial charge < -0.3 is 5.11 Å². The van der Waals surface area contributed by atoms with E-state index in [0.29, 0.717) is 35.2 Å². The zero-order valence-electron chi connectivity index (χ0n) is 13.6. The fraction of sp³-hybridized carbons (Fsp3) is 0.389. The molecule has 0 spiro atoms. The highest BCUT2D eigenvalue weighted by Crippen LogP contribution is 2.38. The predicted octanol–water partition coefficient (Wildman–Crippen LogP) is 4.04. The highest BCUT2D eigenvalue weighted by molar-refractivity contribution is 6.13. The van der Waals surface area contributed by atoms with E-state index < -0.39 is 11.6 Å². The third kappa shape index (κ3) is 2.56. The van der Waals surface area contributed by atoms with Crippen LogP contribution in [0.2, 0.25) is 0 Å². The van der Waals surface area contributed by atoms with E-state index in [1.807, 2.05) is 45.0 Å². The Kier molecular flexibility index (Phi) is 3.59. The molecule has 1 N–H and O–H groups in total. The molecule has 1 aliphatic carbocycles. The lowest BCUT2D eigenvalue weighted by Gasteiger charge is -2.36. The molecule has 3 rings (SSSR count). The van der Waals surface area contributed by atoms with Crippen molar-refractivity contribution in [3.05, 3.63) is 35.5 Å². The number of carbonyl (C=O) groups is 2. The fourth-order valence-electron chi connectivity index (χ4n) is 3.21. The molecule has 5 nitrogen and oxygen atoms in total. The van der Waals surface area contributed by atoms with E-state index >= 15 is 0 Å². The number of para-hydroxylation sites is 1. The summed E-state index contributed by atoms with van der Waals surface area (Å²) in [6, 6.07) is 7.41. The highest BCUT2D eigenvalue weighted by atomic mass is 16.4. The van der Waals surface area contributed by atoms with Gasteiger partial charge in [-0.15, -0.1) is 0 Å². The molecule has 0 saturated carbocycles. The lowest BCUT2D eigenvalue weighted by Crippen LogP contribution is -2.46. The van der Waals surface area contributed by atoms with Crippen molar-refractivity contribution in [3.63, 3.8) is 0 Å². The van der Waals surface area contributed by atoms with E-state index in [4.69, 9.17) is 0 Å². The van der Waals surface area contributed by atoms with Gasteiger partial charge in [-0.2, -0.15) is 0 Å². The average Bonchev–Trinajstić information content (AvgIpc) is 2.45. The third-order valence-corrected chi connectivity index (χ3v) is 4.12. The normalized spacial score (nSPS) is 14.7. The molecule has 0 bridgehead atoms. The Balaban J connectivity index is 2.43. The number of pyridine rings is 1. The number of anilines is 1. The monoisotopic (exact) mass is 312 g/mol. The fourth-order valence-corrected chi connectivity index (χ4v) is 3.21. The van der Waals surface area contributed by atoms with E-state index in [2.05, 4.69) is 4.98 Å². The van der Waals surface area contributed by atoms with Crippen LogP contribution in [-0.2, 0) is 6.42 Å². The Morgan fingerprint density at radius 1 is 1.22 bits per heavy atom. The van der Waals surface area contributed by atoms with Crippen LogP contribution in [0, 0.1) is 0 Å². The number of amides is 1. The summed E-state index contributed by atoms with van der Waals surface area (Å²) in [4.78, 5) is 30.4. The average molecular weight is 312 g/mol. The SMILES string of the molecule is CC(C)(C)N(C(=O)O)c1c2c(nc3ccccc13)CCCC2=O. The highest BCUT2D eigenvalue weighted by Gasteiger charge is 2.35. The van der Waals surface area contributed by atoms with Crippen LogP contribution in [0.5, 0.6) is 0 Å². The van der Waals surface area contributed by atoms with Crippen molar-refractivity contribution < 1.29 is 14.7 Å². The topological polar surface area (TPSA) is 70.5 Å². The largest absolute Gasteiger partial charge is 0.465 e. The molecule has 5 heteroatoms. The van der Waals surface area contributed by atoms with Crippen molar-refractivity contribution in [2.24, 2.45) is 0 Å². The number of ketones is 1. The summed E-state index contributed by atoms with van der Waals surface area (Å²) in [5, 5.41) is 10.5. The number of hydrogen-bond donors (Lipinski definition) is 1. The van der Waals surface area contributed by atoms with Gasteiger partial charge in [0, 0.05) is 17.3 Å². The molecule has 1 aromatic carbocycles. The van der Waals surface area contributed by atoms with Gasteiger partial charge in [-0.1, -0.05) is 18.2 Å².